The van der Waals surface area contributed by atoms with Crippen molar-refractivity contribution in [2.24, 2.45) is 5.92 Å². The molecule has 0 unspecified atom stereocenters. The second kappa shape index (κ2) is 7.58. The first-order valence-electron chi connectivity index (χ1n) is 7.67. The molecule has 0 atom stereocenters. The molecule has 9 heteroatoms. The predicted molar refractivity (Wildman–Crippen MR) is 96.2 cm³/mol. The number of nitrogens with zero attached hydrogens (tertiary/aromatic N) is 2. The highest BCUT2D eigenvalue weighted by molar-refractivity contribution is 7.89. The van der Waals surface area contributed by atoms with Crippen molar-refractivity contribution in [1.29, 1.82) is 0 Å². The Morgan fingerprint density at radius 1 is 1.20 bits per heavy atom. The number of amides is 1. The van der Waals surface area contributed by atoms with Gasteiger partial charge in [-0.1, -0.05) is 13.8 Å². The van der Waals surface area contributed by atoms with Crippen molar-refractivity contribution in [3.63, 3.8) is 0 Å². The first-order chi connectivity index (χ1) is 11.7. The summed E-state index contributed by atoms with van der Waals surface area (Å²) >= 11 is 0. The van der Waals surface area contributed by atoms with Gasteiger partial charge in [0.15, 0.2) is 0 Å². The predicted octanol–water partition coefficient (Wildman–Crippen LogP) is 1.62. The van der Waals surface area contributed by atoms with Gasteiger partial charge in [-0.05, 0) is 18.1 Å². The molecule has 134 valence electrons. The zero-order valence-electron chi connectivity index (χ0n) is 14.3. The van der Waals surface area contributed by atoms with Crippen LogP contribution in [0.5, 0.6) is 0 Å². The van der Waals surface area contributed by atoms with Crippen LogP contribution in [0.2, 0.25) is 0 Å². The molecule has 0 aliphatic carbocycles. The number of carbonyl (C=O) groups excluding carboxylic acids is 1. The number of anilines is 2. The van der Waals surface area contributed by atoms with E-state index in [-0.39, 0.29) is 22.5 Å². The second-order valence-electron chi connectivity index (χ2n) is 6.00. The molecule has 25 heavy (non-hydrogen) atoms. The van der Waals surface area contributed by atoms with Gasteiger partial charge in [0.1, 0.15) is 10.7 Å². The average molecular weight is 363 g/mol. The number of nitrogen functional groups attached to an aromatic ring is 1. The number of carbonyl (C=O) groups is 1. The van der Waals surface area contributed by atoms with E-state index in [9.17, 15) is 13.2 Å². The maximum atomic E-state index is 12.4. The number of rotatable bonds is 6. The zero-order chi connectivity index (χ0) is 18.6. The van der Waals surface area contributed by atoms with E-state index in [1.165, 1.54) is 25.4 Å². The number of aromatic nitrogens is 2. The summed E-state index contributed by atoms with van der Waals surface area (Å²) in [6.07, 6.45) is 4.51. The molecule has 2 aromatic heterocycles. The van der Waals surface area contributed by atoms with Crippen LogP contribution in [0.4, 0.5) is 11.5 Å². The number of sulfonamides is 1. The van der Waals surface area contributed by atoms with Gasteiger partial charge in [0.2, 0.25) is 15.9 Å². The third kappa shape index (κ3) is 4.97. The third-order valence-electron chi connectivity index (χ3n) is 3.24. The molecule has 0 spiro atoms. The van der Waals surface area contributed by atoms with Gasteiger partial charge in [0, 0.05) is 37.0 Å². The Bertz CT molecular complexity index is 881. The highest BCUT2D eigenvalue weighted by Crippen LogP contribution is 2.26. The normalized spacial score (nSPS) is 11.5. The summed E-state index contributed by atoms with van der Waals surface area (Å²) in [5, 5.41) is 2.63. The van der Waals surface area contributed by atoms with Crippen LogP contribution in [-0.2, 0) is 14.8 Å². The quantitative estimate of drug-likeness (QED) is 0.716. The molecule has 0 aliphatic heterocycles. The fraction of sp³-hybridized carbons (Fsp3) is 0.312. The van der Waals surface area contributed by atoms with E-state index in [0.29, 0.717) is 23.4 Å². The van der Waals surface area contributed by atoms with Gasteiger partial charge < -0.3 is 11.1 Å². The Morgan fingerprint density at radius 2 is 1.88 bits per heavy atom. The van der Waals surface area contributed by atoms with Gasteiger partial charge in [-0.3, -0.25) is 9.78 Å². The molecule has 0 bridgehead atoms. The Hall–Kier alpha value is -2.52. The minimum Gasteiger partial charge on any atom is -0.383 e. The van der Waals surface area contributed by atoms with Gasteiger partial charge in [0.05, 0.1) is 11.9 Å². The largest absolute Gasteiger partial charge is 0.383 e. The molecular weight excluding hydrogens is 342 g/mol. The van der Waals surface area contributed by atoms with Crippen LogP contribution >= 0.6 is 0 Å². The molecule has 1 amide bonds. The molecule has 0 saturated heterocycles. The van der Waals surface area contributed by atoms with Gasteiger partial charge in [0.25, 0.3) is 0 Å². The van der Waals surface area contributed by atoms with E-state index in [2.05, 4.69) is 20.0 Å². The van der Waals surface area contributed by atoms with Crippen LogP contribution < -0.4 is 15.8 Å². The van der Waals surface area contributed by atoms with Gasteiger partial charge in [-0.15, -0.1) is 0 Å². The van der Waals surface area contributed by atoms with Crippen LogP contribution in [0, 0.1) is 5.92 Å². The monoisotopic (exact) mass is 363 g/mol. The molecule has 0 radical (unpaired) electrons. The van der Waals surface area contributed by atoms with Gasteiger partial charge in [-0.25, -0.2) is 18.1 Å². The molecule has 2 aromatic rings. The Labute approximate surface area is 146 Å². The molecule has 0 saturated carbocycles. The molecule has 0 aromatic carbocycles. The fourth-order valence-corrected chi connectivity index (χ4v) is 3.37. The lowest BCUT2D eigenvalue weighted by molar-refractivity contribution is -0.114. The van der Waals surface area contributed by atoms with Crippen molar-refractivity contribution in [1.82, 2.24) is 14.7 Å². The van der Waals surface area contributed by atoms with E-state index in [4.69, 9.17) is 5.73 Å². The highest BCUT2D eigenvalue weighted by atomic mass is 32.2. The number of nitrogens with one attached hydrogen (secondary N) is 2. The molecule has 0 fully saturated rings. The Morgan fingerprint density at radius 3 is 2.52 bits per heavy atom. The number of pyridine rings is 2. The number of hydrogen-bond donors (Lipinski definition) is 3. The summed E-state index contributed by atoms with van der Waals surface area (Å²) in [6, 6.07) is 3.12. The second-order valence-corrected chi connectivity index (χ2v) is 7.73. The molecular formula is C16H21N5O3S. The highest BCUT2D eigenvalue weighted by Gasteiger charge is 2.19. The Kier molecular flexibility index (Phi) is 5.70. The smallest absolute Gasteiger partial charge is 0.244 e. The summed E-state index contributed by atoms with van der Waals surface area (Å²) in [5.74, 6) is -0.146. The van der Waals surface area contributed by atoms with Crippen LogP contribution in [0.25, 0.3) is 11.1 Å². The summed E-state index contributed by atoms with van der Waals surface area (Å²) in [4.78, 5) is 19.1. The van der Waals surface area contributed by atoms with E-state index >= 15 is 0 Å². The third-order valence-corrected chi connectivity index (χ3v) is 4.70. The first kappa shape index (κ1) is 18.8. The summed E-state index contributed by atoms with van der Waals surface area (Å²) in [7, 11) is -3.77. The van der Waals surface area contributed by atoms with Crippen molar-refractivity contribution in [2.45, 2.75) is 25.7 Å². The first-order valence-corrected chi connectivity index (χ1v) is 9.15. The maximum absolute atomic E-state index is 12.4. The van der Waals surface area contributed by atoms with Crippen LogP contribution in [0.1, 0.15) is 20.8 Å². The standard InChI is InChI=1S/C16H21N5O3S/c1-10(2)6-20-25(23,24)15-5-13(8-19-16(15)17)12-4-14(9-18-7-12)21-11(3)22/h4-5,7-10,20H,6H2,1-3H3,(H2,17,19)(H,21,22). The minimum absolute atomic E-state index is 0.0778. The number of nitrogens with two attached hydrogens (primary N) is 1. The molecule has 2 rings (SSSR count). The van der Waals surface area contributed by atoms with Crippen molar-refractivity contribution in [2.75, 3.05) is 17.6 Å². The molecule has 4 N–H and O–H groups in total. The van der Waals surface area contributed by atoms with Crippen molar-refractivity contribution >= 4 is 27.4 Å². The van der Waals surface area contributed by atoms with Crippen molar-refractivity contribution in [3.05, 3.63) is 30.7 Å². The Balaban J connectivity index is 2.40. The lowest BCUT2D eigenvalue weighted by Gasteiger charge is -2.12. The zero-order valence-corrected chi connectivity index (χ0v) is 15.1. The lowest BCUT2D eigenvalue weighted by atomic mass is 10.1. The van der Waals surface area contributed by atoms with Crippen molar-refractivity contribution < 1.29 is 13.2 Å². The van der Waals surface area contributed by atoms with Crippen LogP contribution in [0.3, 0.4) is 0 Å². The average Bonchev–Trinajstić information content (AvgIpc) is 2.53. The van der Waals surface area contributed by atoms with Crippen LogP contribution in [0.15, 0.2) is 35.6 Å². The van der Waals surface area contributed by atoms with E-state index in [1.54, 1.807) is 12.3 Å². The minimum atomic E-state index is -3.77. The van der Waals surface area contributed by atoms with Gasteiger partial charge in [-0.2, -0.15) is 0 Å². The van der Waals surface area contributed by atoms with Crippen molar-refractivity contribution in [3.8, 4) is 11.1 Å². The topological polar surface area (TPSA) is 127 Å². The number of hydrogen-bond acceptors (Lipinski definition) is 6. The van der Waals surface area contributed by atoms with E-state index in [0.717, 1.165) is 0 Å². The van der Waals surface area contributed by atoms with Crippen LogP contribution in [-0.4, -0.2) is 30.8 Å². The molecule has 2 heterocycles. The lowest BCUT2D eigenvalue weighted by Crippen LogP contribution is -2.28. The molecule has 0 aliphatic rings. The van der Waals surface area contributed by atoms with E-state index < -0.39 is 10.0 Å². The summed E-state index contributed by atoms with van der Waals surface area (Å²) in [6.45, 7) is 5.49. The maximum Gasteiger partial charge on any atom is 0.244 e. The van der Waals surface area contributed by atoms with Gasteiger partial charge >= 0.3 is 0 Å². The fourth-order valence-electron chi connectivity index (χ4n) is 2.05. The van der Waals surface area contributed by atoms with E-state index in [1.807, 2.05) is 13.8 Å². The summed E-state index contributed by atoms with van der Waals surface area (Å²) < 4.78 is 27.4. The summed E-state index contributed by atoms with van der Waals surface area (Å²) in [5.41, 5.74) is 7.39. The molecule has 8 nitrogen and oxygen atoms in total. The SMILES string of the molecule is CC(=O)Nc1cncc(-c2cnc(N)c(S(=O)(=O)NCC(C)C)c2)c1.